The molecule has 182 valence electrons. The number of rotatable bonds is 5. The van der Waals surface area contributed by atoms with Crippen molar-refractivity contribution < 1.29 is 9.53 Å². The topological polar surface area (TPSA) is 81.1 Å². The normalized spacial score (nSPS) is 14.8. The zero-order chi connectivity index (χ0) is 25.4. The zero-order valence-electron chi connectivity index (χ0n) is 19.2. The maximum Gasteiger partial charge on any atom is 0.255 e. The lowest BCUT2D eigenvalue weighted by molar-refractivity contribution is -0.113. The second-order valence-corrected chi connectivity index (χ2v) is 9.32. The first kappa shape index (κ1) is 24.2. The average molecular weight is 541 g/mol. The molecule has 36 heavy (non-hydrogen) atoms. The van der Waals surface area contributed by atoms with Crippen LogP contribution in [0.15, 0.2) is 78.0 Å². The van der Waals surface area contributed by atoms with Crippen molar-refractivity contribution in [3.8, 4) is 17.1 Å². The van der Waals surface area contributed by atoms with Gasteiger partial charge in [-0.2, -0.15) is 4.98 Å². The molecule has 7 nitrogen and oxygen atoms in total. The number of methoxy groups -OCH3 is 1. The van der Waals surface area contributed by atoms with E-state index < -0.39 is 6.04 Å². The predicted octanol–water partition coefficient (Wildman–Crippen LogP) is 6.84. The standard InChI is InChI=1S/C26H20Cl3N5O2/c1-14-22(25(35)31-20-9-5-6-10-21(20)36-2)23(16-7-3-4-8-18(16)28)34-26(30-14)32-24(33-34)17-12-11-15(27)13-19(17)29/h3-13,23H,1-2H3,(H,31,35)(H,30,32,33). The van der Waals surface area contributed by atoms with Gasteiger partial charge >= 0.3 is 0 Å². The zero-order valence-corrected chi connectivity index (χ0v) is 21.5. The summed E-state index contributed by atoms with van der Waals surface area (Å²) in [5.74, 6) is 1.05. The Labute approximate surface area is 222 Å². The molecule has 2 heterocycles. The van der Waals surface area contributed by atoms with Gasteiger partial charge in [-0.25, -0.2) is 4.68 Å². The van der Waals surface area contributed by atoms with E-state index in [-0.39, 0.29) is 5.91 Å². The number of carbonyl (C=O) groups is 1. The Balaban J connectivity index is 1.63. The summed E-state index contributed by atoms with van der Waals surface area (Å²) in [6, 6.07) is 19.0. The molecular weight excluding hydrogens is 521 g/mol. The molecule has 1 aliphatic rings. The summed E-state index contributed by atoms with van der Waals surface area (Å²) in [4.78, 5) is 18.4. The number of anilines is 2. The SMILES string of the molecule is COc1ccccc1NC(=O)C1=C(C)Nc2nc(-c3ccc(Cl)cc3Cl)nn2C1c1ccccc1Cl. The van der Waals surface area contributed by atoms with Crippen molar-refractivity contribution in [2.24, 2.45) is 0 Å². The van der Waals surface area contributed by atoms with Crippen molar-refractivity contribution >= 4 is 52.3 Å². The number of nitrogens with zero attached hydrogens (tertiary/aromatic N) is 3. The highest BCUT2D eigenvalue weighted by Gasteiger charge is 2.36. The van der Waals surface area contributed by atoms with E-state index in [0.717, 1.165) is 0 Å². The molecular formula is C26H20Cl3N5O2. The van der Waals surface area contributed by atoms with Gasteiger partial charge in [0.1, 0.15) is 11.8 Å². The summed E-state index contributed by atoms with van der Waals surface area (Å²) in [6.07, 6.45) is 0. The van der Waals surface area contributed by atoms with Gasteiger partial charge in [-0.1, -0.05) is 65.1 Å². The Morgan fingerprint density at radius 1 is 1.03 bits per heavy atom. The molecule has 2 N–H and O–H groups in total. The van der Waals surface area contributed by atoms with Crippen LogP contribution < -0.4 is 15.4 Å². The van der Waals surface area contributed by atoms with Gasteiger partial charge in [-0.05, 0) is 43.3 Å². The van der Waals surface area contributed by atoms with Crippen LogP contribution in [0.4, 0.5) is 11.6 Å². The van der Waals surface area contributed by atoms with E-state index in [0.29, 0.717) is 60.7 Å². The number of para-hydroxylation sites is 2. The first-order valence-electron chi connectivity index (χ1n) is 11.0. The van der Waals surface area contributed by atoms with Crippen LogP contribution in [-0.2, 0) is 4.79 Å². The van der Waals surface area contributed by atoms with Gasteiger partial charge in [0, 0.05) is 26.9 Å². The largest absolute Gasteiger partial charge is 0.495 e. The van der Waals surface area contributed by atoms with Crippen LogP contribution in [0.2, 0.25) is 15.1 Å². The molecule has 0 saturated heterocycles. The molecule has 1 amide bonds. The molecule has 0 spiro atoms. The highest BCUT2D eigenvalue weighted by molar-refractivity contribution is 6.36. The summed E-state index contributed by atoms with van der Waals surface area (Å²) < 4.78 is 7.05. The third-order valence-corrected chi connectivity index (χ3v) is 6.72. The van der Waals surface area contributed by atoms with E-state index in [1.807, 2.05) is 37.3 Å². The minimum Gasteiger partial charge on any atom is -0.495 e. The Hall–Kier alpha value is -3.52. The van der Waals surface area contributed by atoms with Crippen molar-refractivity contribution in [2.75, 3.05) is 17.7 Å². The van der Waals surface area contributed by atoms with Gasteiger partial charge in [-0.3, -0.25) is 4.79 Å². The van der Waals surface area contributed by atoms with E-state index in [9.17, 15) is 4.79 Å². The minimum atomic E-state index is -0.656. The molecule has 0 saturated carbocycles. The quantitative estimate of drug-likeness (QED) is 0.290. The predicted molar refractivity (Wildman–Crippen MR) is 143 cm³/mol. The van der Waals surface area contributed by atoms with Crippen LogP contribution >= 0.6 is 34.8 Å². The Morgan fingerprint density at radius 3 is 2.53 bits per heavy atom. The number of aromatic nitrogens is 3. The molecule has 1 atom stereocenters. The molecule has 0 bridgehead atoms. The van der Waals surface area contributed by atoms with Gasteiger partial charge in [-0.15, -0.1) is 5.10 Å². The van der Waals surface area contributed by atoms with Gasteiger partial charge in [0.15, 0.2) is 5.82 Å². The van der Waals surface area contributed by atoms with E-state index in [1.165, 1.54) is 0 Å². The second-order valence-electron chi connectivity index (χ2n) is 8.07. The number of hydrogen-bond donors (Lipinski definition) is 2. The van der Waals surface area contributed by atoms with Crippen LogP contribution in [0, 0.1) is 0 Å². The Bertz CT molecular complexity index is 1520. The molecule has 0 fully saturated rings. The number of hydrogen-bond acceptors (Lipinski definition) is 5. The summed E-state index contributed by atoms with van der Waals surface area (Å²) in [5, 5.41) is 12.3. The molecule has 1 aliphatic heterocycles. The highest BCUT2D eigenvalue weighted by atomic mass is 35.5. The maximum atomic E-state index is 13.7. The molecule has 10 heteroatoms. The van der Waals surface area contributed by atoms with Gasteiger partial charge < -0.3 is 15.4 Å². The number of carbonyl (C=O) groups excluding carboxylic acids is 1. The first-order chi connectivity index (χ1) is 17.4. The molecule has 5 rings (SSSR count). The van der Waals surface area contributed by atoms with E-state index in [4.69, 9.17) is 44.6 Å². The van der Waals surface area contributed by atoms with Crippen molar-refractivity contribution in [3.63, 3.8) is 0 Å². The number of ether oxygens (including phenoxy) is 1. The fraction of sp³-hybridized carbons (Fsp3) is 0.115. The minimum absolute atomic E-state index is 0.332. The van der Waals surface area contributed by atoms with Crippen molar-refractivity contribution in [3.05, 3.63) is 98.6 Å². The molecule has 3 aromatic carbocycles. The number of amides is 1. The Kier molecular flexibility index (Phi) is 6.62. The van der Waals surface area contributed by atoms with Crippen LogP contribution in [0.1, 0.15) is 18.5 Å². The highest BCUT2D eigenvalue weighted by Crippen LogP contribution is 2.40. The van der Waals surface area contributed by atoms with Crippen molar-refractivity contribution in [1.29, 1.82) is 0 Å². The lowest BCUT2D eigenvalue weighted by atomic mass is 9.95. The molecule has 4 aromatic rings. The smallest absolute Gasteiger partial charge is 0.255 e. The summed E-state index contributed by atoms with van der Waals surface area (Å²) in [6.45, 7) is 1.81. The van der Waals surface area contributed by atoms with Gasteiger partial charge in [0.25, 0.3) is 5.91 Å². The van der Waals surface area contributed by atoms with E-state index >= 15 is 0 Å². The number of nitrogens with one attached hydrogen (secondary N) is 2. The molecule has 1 unspecified atom stereocenters. The first-order valence-corrected chi connectivity index (χ1v) is 12.1. The fourth-order valence-corrected chi connectivity index (χ4v) is 4.88. The second kappa shape index (κ2) is 9.85. The fourth-order valence-electron chi connectivity index (χ4n) is 4.15. The monoisotopic (exact) mass is 539 g/mol. The van der Waals surface area contributed by atoms with Gasteiger partial charge in [0.2, 0.25) is 5.95 Å². The number of benzene rings is 3. The van der Waals surface area contributed by atoms with Crippen LogP contribution in [0.25, 0.3) is 11.4 Å². The van der Waals surface area contributed by atoms with Gasteiger partial charge in [0.05, 0.1) is 23.4 Å². The summed E-state index contributed by atoms with van der Waals surface area (Å²) in [7, 11) is 1.55. The molecule has 0 radical (unpaired) electrons. The van der Waals surface area contributed by atoms with E-state index in [1.54, 1.807) is 48.2 Å². The van der Waals surface area contributed by atoms with Crippen molar-refractivity contribution in [2.45, 2.75) is 13.0 Å². The lowest BCUT2D eigenvalue weighted by Gasteiger charge is -2.29. The van der Waals surface area contributed by atoms with E-state index in [2.05, 4.69) is 15.6 Å². The number of fused-ring (bicyclic) bond motifs is 1. The Morgan fingerprint density at radius 2 is 1.78 bits per heavy atom. The average Bonchev–Trinajstić information content (AvgIpc) is 3.27. The lowest BCUT2D eigenvalue weighted by Crippen LogP contribution is -2.31. The maximum absolute atomic E-state index is 13.7. The molecule has 0 aliphatic carbocycles. The van der Waals surface area contributed by atoms with Crippen molar-refractivity contribution in [1.82, 2.24) is 14.8 Å². The van der Waals surface area contributed by atoms with Crippen LogP contribution in [0.5, 0.6) is 5.75 Å². The third kappa shape index (κ3) is 4.41. The number of halogens is 3. The summed E-state index contributed by atoms with van der Waals surface area (Å²) in [5.41, 5.74) is 2.90. The number of allylic oxidation sites excluding steroid dienone is 1. The van der Waals surface area contributed by atoms with Crippen LogP contribution in [0.3, 0.4) is 0 Å². The molecule has 1 aromatic heterocycles. The van der Waals surface area contributed by atoms with Crippen LogP contribution in [-0.4, -0.2) is 27.8 Å². The summed E-state index contributed by atoms with van der Waals surface area (Å²) >= 11 is 19.1. The third-order valence-electron chi connectivity index (χ3n) is 5.82.